The Balaban J connectivity index is 2.89. The first-order chi connectivity index (χ1) is 7.31. The van der Waals surface area contributed by atoms with Gasteiger partial charge in [0.25, 0.3) is 0 Å². The number of esters is 1. The molecule has 4 N–H and O–H groups in total. The van der Waals surface area contributed by atoms with Gasteiger partial charge in [0.1, 0.15) is 18.3 Å². The quantitative estimate of drug-likeness (QED) is 0.331. The van der Waals surface area contributed by atoms with E-state index in [-0.39, 0.29) is 0 Å². The molecule has 0 aromatic heterocycles. The molecule has 1 aliphatic rings. The predicted octanol–water partition coefficient (Wildman–Crippen LogP) is -2.08. The smallest absolute Gasteiger partial charge is 0.323 e. The Morgan fingerprint density at radius 3 is 2.44 bits per heavy atom. The summed E-state index contributed by atoms with van der Waals surface area (Å²) in [6.07, 6.45) is -6.30. The molecule has 16 heavy (non-hydrogen) atoms. The van der Waals surface area contributed by atoms with E-state index in [0.29, 0.717) is 0 Å². The summed E-state index contributed by atoms with van der Waals surface area (Å²) in [7, 11) is 0. The van der Waals surface area contributed by atoms with Gasteiger partial charge in [-0.15, -0.1) is 0 Å². The third-order valence-electron chi connectivity index (χ3n) is 2.18. The third kappa shape index (κ3) is 2.45. The van der Waals surface area contributed by atoms with Crippen LogP contribution in [0.4, 0.5) is 0 Å². The van der Waals surface area contributed by atoms with Gasteiger partial charge in [-0.1, -0.05) is 0 Å². The van der Waals surface area contributed by atoms with Crippen molar-refractivity contribution in [3.63, 3.8) is 0 Å². The predicted molar refractivity (Wildman–Crippen MR) is 50.3 cm³/mol. The second-order valence-corrected chi connectivity index (χ2v) is 3.97. The minimum absolute atomic E-state index is 0.652. The molecule has 1 saturated heterocycles. The molecule has 0 aliphatic carbocycles. The van der Waals surface area contributed by atoms with Crippen LogP contribution >= 0.6 is 11.6 Å². The molecule has 0 aromatic rings. The van der Waals surface area contributed by atoms with E-state index < -0.39 is 42.2 Å². The van der Waals surface area contributed by atoms with Crippen LogP contribution in [0.5, 0.6) is 0 Å². The van der Waals surface area contributed by atoms with Gasteiger partial charge >= 0.3 is 11.2 Å². The summed E-state index contributed by atoms with van der Waals surface area (Å²) in [5.41, 5.74) is 0. The van der Waals surface area contributed by atoms with Crippen molar-refractivity contribution in [1.29, 1.82) is 0 Å². The van der Waals surface area contributed by atoms with Crippen molar-refractivity contribution in [2.24, 2.45) is 0 Å². The van der Waals surface area contributed by atoms with Crippen LogP contribution in [0.3, 0.4) is 0 Å². The average molecular weight is 257 g/mol. The highest BCUT2D eigenvalue weighted by Crippen LogP contribution is 2.34. The zero-order chi connectivity index (χ0) is 12.5. The van der Waals surface area contributed by atoms with E-state index >= 15 is 0 Å². The van der Waals surface area contributed by atoms with Gasteiger partial charge in [0, 0.05) is 6.92 Å². The first-order valence-electron chi connectivity index (χ1n) is 4.53. The van der Waals surface area contributed by atoms with Crippen LogP contribution in [0, 0.1) is 0 Å². The van der Waals surface area contributed by atoms with Crippen molar-refractivity contribution in [1.82, 2.24) is 0 Å². The molecule has 0 spiro atoms. The molecule has 1 fully saturated rings. The molecule has 1 aliphatic heterocycles. The van der Waals surface area contributed by atoms with Gasteiger partial charge in [-0.3, -0.25) is 4.79 Å². The van der Waals surface area contributed by atoms with E-state index in [2.05, 4.69) is 4.74 Å². The highest BCUT2D eigenvalue weighted by atomic mass is 35.5. The summed E-state index contributed by atoms with van der Waals surface area (Å²) in [6, 6.07) is 0. The highest BCUT2D eigenvalue weighted by molar-refractivity contribution is 6.23. The van der Waals surface area contributed by atoms with Gasteiger partial charge in [-0.25, -0.2) is 0 Å². The van der Waals surface area contributed by atoms with Crippen LogP contribution in [0.15, 0.2) is 0 Å². The zero-order valence-corrected chi connectivity index (χ0v) is 9.16. The normalized spacial score (nSPS) is 44.1. The monoisotopic (exact) mass is 256 g/mol. The number of halogens is 1. The summed E-state index contributed by atoms with van der Waals surface area (Å²) >= 11 is 5.66. The van der Waals surface area contributed by atoms with Crippen LogP contribution in [-0.2, 0) is 14.3 Å². The average Bonchev–Trinajstić information content (AvgIpc) is 2.20. The molecule has 94 valence electrons. The third-order valence-corrected chi connectivity index (χ3v) is 2.57. The maximum absolute atomic E-state index is 10.7. The minimum Gasteiger partial charge on any atom is -0.416 e. The molecule has 8 heteroatoms. The van der Waals surface area contributed by atoms with Crippen molar-refractivity contribution in [2.75, 3.05) is 6.61 Å². The van der Waals surface area contributed by atoms with Crippen LogP contribution in [-0.4, -0.2) is 62.7 Å². The Kier molecular flexibility index (Phi) is 4.11. The second kappa shape index (κ2) is 4.82. The first-order valence-corrected chi connectivity index (χ1v) is 4.91. The van der Waals surface area contributed by atoms with Gasteiger partial charge in [0.2, 0.25) is 0 Å². The molecule has 7 nitrogen and oxygen atoms in total. The maximum Gasteiger partial charge on any atom is 0.323 e. The Bertz CT molecular complexity index is 271. The summed E-state index contributed by atoms with van der Waals surface area (Å²) < 4.78 is 9.36. The van der Waals surface area contributed by atoms with Crippen molar-refractivity contribution >= 4 is 17.6 Å². The summed E-state index contributed by atoms with van der Waals surface area (Å²) in [5.74, 6) is -0.839. The van der Waals surface area contributed by atoms with Crippen molar-refractivity contribution in [3.8, 4) is 0 Å². The molecule has 1 heterocycles. The van der Waals surface area contributed by atoms with E-state index in [4.69, 9.17) is 21.4 Å². The van der Waals surface area contributed by atoms with E-state index in [9.17, 15) is 20.1 Å². The maximum atomic E-state index is 10.7. The van der Waals surface area contributed by atoms with Gasteiger partial charge in [-0.2, -0.15) is 0 Å². The number of hydrogen-bond donors (Lipinski definition) is 4. The standard InChI is InChI=1S/C8H13ClO7/c1-3(11)15-8(9)7(14)6(13)5(12)4(2-10)16-8/h4-7,10,12-14H,2H2,1H3/t4-,5-,6+,7-,8-/m1/s1. The molecule has 0 radical (unpaired) electrons. The summed E-state index contributed by atoms with van der Waals surface area (Å²) in [5, 5.41) is 34.9. The SMILES string of the molecule is CC(=O)O[C@@]1(Cl)O[C@H](CO)[C@@H](O)[C@H](O)[C@H]1O. The van der Waals surface area contributed by atoms with E-state index in [1.54, 1.807) is 0 Å². The number of carbonyl (C=O) groups excluding carboxylic acids is 1. The number of aliphatic hydroxyl groups excluding tert-OH is 4. The lowest BCUT2D eigenvalue weighted by Gasteiger charge is -2.43. The van der Waals surface area contributed by atoms with Gasteiger partial charge < -0.3 is 29.9 Å². The zero-order valence-electron chi connectivity index (χ0n) is 8.41. The molecular weight excluding hydrogens is 244 g/mol. The fourth-order valence-electron chi connectivity index (χ4n) is 1.38. The number of rotatable bonds is 2. The van der Waals surface area contributed by atoms with Gasteiger partial charge in [-0.05, 0) is 11.6 Å². The van der Waals surface area contributed by atoms with Crippen LogP contribution in [0.2, 0.25) is 0 Å². The molecule has 5 atom stereocenters. The van der Waals surface area contributed by atoms with E-state index in [0.717, 1.165) is 6.92 Å². The fourth-order valence-corrected chi connectivity index (χ4v) is 1.73. The number of alkyl halides is 1. The Morgan fingerprint density at radius 1 is 1.44 bits per heavy atom. The number of carbonyl (C=O) groups is 1. The molecule has 0 amide bonds. The van der Waals surface area contributed by atoms with Crippen molar-refractivity contribution in [2.45, 2.75) is 36.6 Å². The van der Waals surface area contributed by atoms with Crippen LogP contribution in [0.1, 0.15) is 6.92 Å². The minimum atomic E-state index is -2.31. The lowest BCUT2D eigenvalue weighted by molar-refractivity contribution is -0.314. The number of hydrogen-bond acceptors (Lipinski definition) is 7. The van der Waals surface area contributed by atoms with Crippen LogP contribution < -0.4 is 0 Å². The number of aliphatic hydroxyl groups is 4. The molecule has 1 rings (SSSR count). The molecule has 0 bridgehead atoms. The molecule has 0 unspecified atom stereocenters. The van der Waals surface area contributed by atoms with Crippen molar-refractivity contribution < 1.29 is 34.7 Å². The lowest BCUT2D eigenvalue weighted by Crippen LogP contribution is -2.64. The lowest BCUT2D eigenvalue weighted by atomic mass is 9.99. The van der Waals surface area contributed by atoms with E-state index in [1.165, 1.54) is 0 Å². The second-order valence-electron chi connectivity index (χ2n) is 3.44. The van der Waals surface area contributed by atoms with E-state index in [1.807, 2.05) is 0 Å². The fraction of sp³-hybridized carbons (Fsp3) is 0.875. The summed E-state index contributed by atoms with van der Waals surface area (Å²) in [6.45, 7) is 0.381. The number of ether oxygens (including phenoxy) is 2. The Hall–Kier alpha value is -0.440. The van der Waals surface area contributed by atoms with Gasteiger partial charge in [0.15, 0.2) is 6.10 Å². The van der Waals surface area contributed by atoms with Gasteiger partial charge in [0.05, 0.1) is 6.61 Å². The molecule has 0 saturated carbocycles. The largest absolute Gasteiger partial charge is 0.416 e. The molecule has 0 aromatic carbocycles. The highest BCUT2D eigenvalue weighted by Gasteiger charge is 2.55. The van der Waals surface area contributed by atoms with Crippen molar-refractivity contribution in [3.05, 3.63) is 0 Å². The Labute approximate surface area is 96.2 Å². The Morgan fingerprint density at radius 2 is 2.00 bits per heavy atom. The summed E-state index contributed by atoms with van der Waals surface area (Å²) in [4.78, 5) is 10.7. The first kappa shape index (κ1) is 13.6. The van der Waals surface area contributed by atoms with Crippen LogP contribution in [0.25, 0.3) is 0 Å². The molecular formula is C8H13ClO7. The topological polar surface area (TPSA) is 116 Å².